The molecule has 1 saturated heterocycles. The summed E-state index contributed by atoms with van der Waals surface area (Å²) in [4.78, 5) is 27.3. The van der Waals surface area contributed by atoms with E-state index in [0.717, 1.165) is 32.7 Å². The fourth-order valence-electron chi connectivity index (χ4n) is 4.47. The molecular weight excluding hydrogens is 371 g/mol. The summed E-state index contributed by atoms with van der Waals surface area (Å²) in [7, 11) is 0. The first-order valence-corrected chi connectivity index (χ1v) is 11.0. The first kappa shape index (κ1) is 21.7. The molecule has 160 valence electrons. The van der Waals surface area contributed by atoms with Crippen molar-refractivity contribution >= 4 is 17.5 Å². The Morgan fingerprint density at radius 2 is 1.72 bits per heavy atom. The summed E-state index contributed by atoms with van der Waals surface area (Å²) in [6, 6.07) is 5.76. The molecule has 0 unspecified atom stereocenters. The molecule has 1 heterocycles. The zero-order valence-electron chi connectivity index (χ0n) is 17.4. The van der Waals surface area contributed by atoms with Crippen LogP contribution in [-0.2, 0) is 9.59 Å². The molecule has 1 aliphatic carbocycles. The molecule has 1 aromatic rings. The summed E-state index contributed by atoms with van der Waals surface area (Å²) >= 11 is 0. The molecule has 4 N–H and O–H groups in total. The van der Waals surface area contributed by atoms with Gasteiger partial charge in [0.1, 0.15) is 32.0 Å². The second kappa shape index (κ2) is 10.7. The number of hydrogen-bond donors (Lipinski definition) is 4. The summed E-state index contributed by atoms with van der Waals surface area (Å²) in [5.41, 5.74) is 0.614. The van der Waals surface area contributed by atoms with Crippen LogP contribution in [0.3, 0.4) is 0 Å². The molecule has 1 aliphatic heterocycles. The van der Waals surface area contributed by atoms with Gasteiger partial charge in [-0.05, 0) is 49.9 Å². The van der Waals surface area contributed by atoms with E-state index in [1.54, 1.807) is 12.1 Å². The van der Waals surface area contributed by atoms with E-state index in [1.807, 2.05) is 6.92 Å². The standard InChI is InChI=1S/C22H33FN4O2/c1-17(22(29)24-15-18-5-3-2-4-6-18)27-13-11-26(12-14-27)16-21(28)25-20-9-7-19(23)8-10-20/h7-10,17-18H,2-6,11-16H2,1H3,(H,24,29)(H,25,28)/p+2/t17-/m1/s1. The molecule has 2 amide bonds. The minimum absolute atomic E-state index is 0.0480. The van der Waals surface area contributed by atoms with Crippen LogP contribution < -0.4 is 20.4 Å². The van der Waals surface area contributed by atoms with Crippen LogP contribution in [0.2, 0.25) is 0 Å². The van der Waals surface area contributed by atoms with Gasteiger partial charge in [-0.3, -0.25) is 9.59 Å². The van der Waals surface area contributed by atoms with E-state index in [1.165, 1.54) is 54.0 Å². The first-order valence-electron chi connectivity index (χ1n) is 11.0. The Labute approximate surface area is 172 Å². The summed E-state index contributed by atoms with van der Waals surface area (Å²) in [6.07, 6.45) is 6.40. The molecule has 3 rings (SSSR count). The first-order chi connectivity index (χ1) is 14.0. The van der Waals surface area contributed by atoms with E-state index in [9.17, 15) is 14.0 Å². The van der Waals surface area contributed by atoms with Crippen LogP contribution >= 0.6 is 0 Å². The maximum Gasteiger partial charge on any atom is 0.279 e. The number of piperazine rings is 1. The largest absolute Gasteiger partial charge is 0.351 e. The minimum Gasteiger partial charge on any atom is -0.351 e. The molecule has 0 aromatic heterocycles. The third kappa shape index (κ3) is 6.78. The Kier molecular flexibility index (Phi) is 8.00. The van der Waals surface area contributed by atoms with E-state index in [4.69, 9.17) is 0 Å². The number of benzene rings is 1. The number of nitrogens with one attached hydrogen (secondary N) is 4. The van der Waals surface area contributed by atoms with Crippen LogP contribution in [0, 0.1) is 11.7 Å². The van der Waals surface area contributed by atoms with Gasteiger partial charge in [-0.25, -0.2) is 4.39 Å². The quantitative estimate of drug-likeness (QED) is 0.499. The summed E-state index contributed by atoms with van der Waals surface area (Å²) in [6.45, 7) is 6.73. The van der Waals surface area contributed by atoms with Gasteiger partial charge in [0.15, 0.2) is 12.6 Å². The van der Waals surface area contributed by atoms with Gasteiger partial charge >= 0.3 is 0 Å². The van der Waals surface area contributed by atoms with Gasteiger partial charge in [-0.1, -0.05) is 19.3 Å². The van der Waals surface area contributed by atoms with Crippen molar-refractivity contribution in [3.63, 3.8) is 0 Å². The fraction of sp³-hybridized carbons (Fsp3) is 0.636. The number of amides is 2. The monoisotopic (exact) mass is 406 g/mol. The maximum absolute atomic E-state index is 13.0. The van der Waals surface area contributed by atoms with Crippen molar-refractivity contribution in [1.29, 1.82) is 0 Å². The summed E-state index contributed by atoms with van der Waals surface area (Å²) < 4.78 is 13.0. The Morgan fingerprint density at radius 3 is 2.38 bits per heavy atom. The second-order valence-corrected chi connectivity index (χ2v) is 8.61. The topological polar surface area (TPSA) is 67.1 Å². The highest BCUT2D eigenvalue weighted by Crippen LogP contribution is 2.22. The van der Waals surface area contributed by atoms with E-state index >= 15 is 0 Å². The van der Waals surface area contributed by atoms with Crippen molar-refractivity contribution in [3.05, 3.63) is 30.1 Å². The average Bonchev–Trinajstić information content (AvgIpc) is 2.74. The number of anilines is 1. The normalized spacial score (nSPS) is 23.9. The number of carbonyl (C=O) groups excluding carboxylic acids is 2. The van der Waals surface area contributed by atoms with Crippen LogP contribution in [0.25, 0.3) is 0 Å². The second-order valence-electron chi connectivity index (χ2n) is 8.61. The van der Waals surface area contributed by atoms with Crippen molar-refractivity contribution in [2.75, 3.05) is 44.6 Å². The third-order valence-electron chi connectivity index (χ3n) is 6.43. The highest BCUT2D eigenvalue weighted by Gasteiger charge is 2.32. The van der Waals surface area contributed by atoms with E-state index in [2.05, 4.69) is 10.6 Å². The van der Waals surface area contributed by atoms with Crippen molar-refractivity contribution < 1.29 is 23.8 Å². The smallest absolute Gasteiger partial charge is 0.279 e. The van der Waals surface area contributed by atoms with E-state index in [-0.39, 0.29) is 23.7 Å². The Morgan fingerprint density at radius 1 is 1.07 bits per heavy atom. The molecule has 0 spiro atoms. The van der Waals surface area contributed by atoms with Gasteiger partial charge in [0.05, 0.1) is 0 Å². The predicted molar refractivity (Wildman–Crippen MR) is 110 cm³/mol. The van der Waals surface area contributed by atoms with Gasteiger partial charge in [0.25, 0.3) is 11.8 Å². The lowest BCUT2D eigenvalue weighted by molar-refractivity contribution is -1.01. The number of rotatable bonds is 7. The zero-order valence-corrected chi connectivity index (χ0v) is 17.4. The van der Waals surface area contributed by atoms with Crippen LogP contribution in [0.1, 0.15) is 39.0 Å². The van der Waals surface area contributed by atoms with Gasteiger partial charge in [-0.15, -0.1) is 0 Å². The molecule has 0 bridgehead atoms. The number of hydrogen-bond acceptors (Lipinski definition) is 2. The van der Waals surface area contributed by atoms with Crippen molar-refractivity contribution in [2.45, 2.75) is 45.1 Å². The summed E-state index contributed by atoms with van der Waals surface area (Å²) in [5.74, 6) is 0.428. The van der Waals surface area contributed by atoms with E-state index < -0.39 is 0 Å². The number of halogens is 1. The maximum atomic E-state index is 13.0. The molecule has 2 fully saturated rings. The molecule has 29 heavy (non-hydrogen) atoms. The minimum atomic E-state index is -0.315. The molecule has 0 radical (unpaired) electrons. The lowest BCUT2D eigenvalue weighted by Gasteiger charge is -2.32. The lowest BCUT2D eigenvalue weighted by atomic mass is 9.89. The molecule has 6 nitrogen and oxygen atoms in total. The van der Waals surface area contributed by atoms with Crippen LogP contribution in [0.4, 0.5) is 10.1 Å². The molecular formula is C22H35FN4O2+2. The van der Waals surface area contributed by atoms with Crippen LogP contribution in [0.5, 0.6) is 0 Å². The lowest BCUT2D eigenvalue weighted by Crippen LogP contribution is -3.30. The molecule has 7 heteroatoms. The van der Waals surface area contributed by atoms with Gasteiger partial charge < -0.3 is 20.4 Å². The van der Waals surface area contributed by atoms with Crippen molar-refractivity contribution in [2.24, 2.45) is 5.92 Å². The highest BCUT2D eigenvalue weighted by atomic mass is 19.1. The molecule has 1 aromatic carbocycles. The van der Waals surface area contributed by atoms with Crippen LogP contribution in [-0.4, -0.2) is 57.1 Å². The molecule has 1 saturated carbocycles. The van der Waals surface area contributed by atoms with Gasteiger partial charge in [-0.2, -0.15) is 0 Å². The molecule has 2 aliphatic rings. The Hall–Kier alpha value is -1.99. The van der Waals surface area contributed by atoms with Crippen molar-refractivity contribution in [3.8, 4) is 0 Å². The average molecular weight is 407 g/mol. The number of quaternary nitrogens is 2. The SMILES string of the molecule is C[C@H](C(=O)NCC1CCCCC1)[NH+]1CC[NH+](CC(=O)Nc2ccc(F)cc2)CC1. The number of carbonyl (C=O) groups is 2. The zero-order chi connectivity index (χ0) is 20.6. The molecule has 1 atom stereocenters. The Balaban J connectivity index is 1.35. The third-order valence-corrected chi connectivity index (χ3v) is 6.43. The van der Waals surface area contributed by atoms with E-state index in [0.29, 0.717) is 18.2 Å². The predicted octanol–water partition coefficient (Wildman–Crippen LogP) is -0.367. The van der Waals surface area contributed by atoms with Crippen molar-refractivity contribution in [1.82, 2.24) is 5.32 Å². The van der Waals surface area contributed by atoms with Crippen LogP contribution in [0.15, 0.2) is 24.3 Å². The summed E-state index contributed by atoms with van der Waals surface area (Å²) in [5, 5.41) is 5.99. The van der Waals surface area contributed by atoms with Gasteiger partial charge in [0.2, 0.25) is 0 Å². The van der Waals surface area contributed by atoms with Gasteiger partial charge in [0, 0.05) is 12.2 Å². The fourth-order valence-corrected chi connectivity index (χ4v) is 4.47. The highest BCUT2D eigenvalue weighted by molar-refractivity contribution is 5.91. The Bertz CT molecular complexity index is 668.